The third kappa shape index (κ3) is 2.94. The summed E-state index contributed by atoms with van der Waals surface area (Å²) in [7, 11) is 0. The van der Waals surface area contributed by atoms with Crippen molar-refractivity contribution in [1.82, 2.24) is 9.97 Å². The van der Waals surface area contributed by atoms with Gasteiger partial charge in [-0.05, 0) is 48.5 Å². The van der Waals surface area contributed by atoms with Gasteiger partial charge in [-0.2, -0.15) is 4.98 Å². The van der Waals surface area contributed by atoms with Gasteiger partial charge in [0.1, 0.15) is 5.82 Å². The highest BCUT2D eigenvalue weighted by molar-refractivity contribution is 9.10. The van der Waals surface area contributed by atoms with Crippen LogP contribution in [0.1, 0.15) is 33.6 Å². The summed E-state index contributed by atoms with van der Waals surface area (Å²) in [6, 6.07) is 0.543. The third-order valence-electron chi connectivity index (χ3n) is 3.45. The molecule has 1 aliphatic rings. The van der Waals surface area contributed by atoms with Gasteiger partial charge in [-0.25, -0.2) is 4.98 Å². The number of piperidine rings is 1. The number of aromatic nitrogens is 2. The smallest absolute Gasteiger partial charge is 0.224 e. The zero-order valence-electron chi connectivity index (χ0n) is 11.3. The zero-order valence-corrected chi connectivity index (χ0v) is 12.9. The molecule has 1 N–H and O–H groups in total. The fourth-order valence-corrected chi connectivity index (χ4v) is 2.81. The van der Waals surface area contributed by atoms with E-state index < -0.39 is 0 Å². The van der Waals surface area contributed by atoms with Gasteiger partial charge in [0, 0.05) is 25.3 Å². The van der Waals surface area contributed by atoms with Gasteiger partial charge >= 0.3 is 0 Å². The van der Waals surface area contributed by atoms with Crippen LogP contribution >= 0.6 is 15.9 Å². The van der Waals surface area contributed by atoms with E-state index in [2.05, 4.69) is 56.9 Å². The summed E-state index contributed by atoms with van der Waals surface area (Å²) >= 11 is 3.57. The van der Waals surface area contributed by atoms with Gasteiger partial charge in [-0.3, -0.25) is 0 Å². The Hall–Kier alpha value is -0.840. The Balaban J connectivity index is 2.27. The fourth-order valence-electron chi connectivity index (χ4n) is 2.39. The second-order valence-electron chi connectivity index (χ2n) is 5.08. The molecule has 1 aliphatic heterocycles. The SMILES string of the molecule is CCNc1ncc(Br)c(N2CC(C)CCC2C)n1. The van der Waals surface area contributed by atoms with Crippen molar-refractivity contribution in [3.63, 3.8) is 0 Å². The summed E-state index contributed by atoms with van der Waals surface area (Å²) < 4.78 is 0.977. The molecule has 0 radical (unpaired) electrons. The van der Waals surface area contributed by atoms with E-state index in [1.807, 2.05) is 6.20 Å². The molecule has 2 unspecified atom stereocenters. The number of nitrogens with one attached hydrogen (secondary N) is 1. The van der Waals surface area contributed by atoms with E-state index >= 15 is 0 Å². The van der Waals surface area contributed by atoms with E-state index in [4.69, 9.17) is 0 Å². The lowest BCUT2D eigenvalue weighted by molar-refractivity contribution is 0.387. The molecule has 0 aliphatic carbocycles. The van der Waals surface area contributed by atoms with Gasteiger partial charge in [-0.1, -0.05) is 6.92 Å². The van der Waals surface area contributed by atoms with Gasteiger partial charge in [-0.15, -0.1) is 0 Å². The van der Waals surface area contributed by atoms with E-state index in [1.165, 1.54) is 12.8 Å². The van der Waals surface area contributed by atoms with Crippen LogP contribution in [0.3, 0.4) is 0 Å². The Morgan fingerprint density at radius 1 is 1.44 bits per heavy atom. The largest absolute Gasteiger partial charge is 0.354 e. The number of hydrogen-bond acceptors (Lipinski definition) is 4. The highest BCUT2D eigenvalue weighted by Crippen LogP contribution is 2.31. The maximum atomic E-state index is 4.63. The summed E-state index contributed by atoms with van der Waals surface area (Å²) in [4.78, 5) is 11.3. The van der Waals surface area contributed by atoms with Crippen LogP contribution in [0.15, 0.2) is 10.7 Å². The van der Waals surface area contributed by atoms with Crippen molar-refractivity contribution in [1.29, 1.82) is 0 Å². The lowest BCUT2D eigenvalue weighted by atomic mass is 9.95. The van der Waals surface area contributed by atoms with Crippen LogP contribution in [0.5, 0.6) is 0 Å². The first kappa shape index (κ1) is 13.6. The standard InChI is InChI=1S/C13H21BrN4/c1-4-15-13-16-7-11(14)12(17-13)18-8-9(2)5-6-10(18)3/h7,9-10H,4-6,8H2,1-3H3,(H,15,16,17). The molecule has 0 amide bonds. The van der Waals surface area contributed by atoms with E-state index in [0.717, 1.165) is 29.3 Å². The molecule has 18 heavy (non-hydrogen) atoms. The van der Waals surface area contributed by atoms with Crippen LogP contribution in [0.2, 0.25) is 0 Å². The predicted octanol–water partition coefficient (Wildman–Crippen LogP) is 3.30. The van der Waals surface area contributed by atoms with Gasteiger partial charge in [0.2, 0.25) is 5.95 Å². The second-order valence-corrected chi connectivity index (χ2v) is 5.93. The average Bonchev–Trinajstić information content (AvgIpc) is 2.35. The number of rotatable bonds is 3. The van der Waals surface area contributed by atoms with Crippen molar-refractivity contribution < 1.29 is 0 Å². The van der Waals surface area contributed by atoms with Crippen molar-refractivity contribution in [2.24, 2.45) is 5.92 Å². The Morgan fingerprint density at radius 2 is 2.22 bits per heavy atom. The molecule has 0 saturated carbocycles. The van der Waals surface area contributed by atoms with E-state index in [1.54, 1.807) is 0 Å². The molecule has 0 spiro atoms. The maximum Gasteiger partial charge on any atom is 0.224 e. The highest BCUT2D eigenvalue weighted by atomic mass is 79.9. The highest BCUT2D eigenvalue weighted by Gasteiger charge is 2.25. The Bertz CT molecular complexity index is 410. The molecule has 2 atom stereocenters. The van der Waals surface area contributed by atoms with Crippen molar-refractivity contribution in [2.75, 3.05) is 23.3 Å². The molecule has 2 rings (SSSR count). The normalized spacial score (nSPS) is 24.1. The topological polar surface area (TPSA) is 41.1 Å². The zero-order chi connectivity index (χ0) is 13.1. The van der Waals surface area contributed by atoms with Crippen LogP contribution in [-0.4, -0.2) is 29.1 Å². The molecule has 1 aromatic heterocycles. The molecule has 1 fully saturated rings. The maximum absolute atomic E-state index is 4.63. The molecule has 0 bridgehead atoms. The van der Waals surface area contributed by atoms with Crippen molar-refractivity contribution >= 4 is 27.7 Å². The van der Waals surface area contributed by atoms with Crippen molar-refractivity contribution in [3.05, 3.63) is 10.7 Å². The van der Waals surface area contributed by atoms with Crippen LogP contribution in [0.25, 0.3) is 0 Å². The third-order valence-corrected chi connectivity index (χ3v) is 4.01. The van der Waals surface area contributed by atoms with Crippen LogP contribution in [0, 0.1) is 5.92 Å². The summed E-state index contributed by atoms with van der Waals surface area (Å²) in [5.74, 6) is 2.45. The van der Waals surface area contributed by atoms with E-state index in [0.29, 0.717) is 12.0 Å². The first-order valence-electron chi connectivity index (χ1n) is 6.64. The molecule has 4 nitrogen and oxygen atoms in total. The Morgan fingerprint density at radius 3 is 2.94 bits per heavy atom. The average molecular weight is 313 g/mol. The van der Waals surface area contributed by atoms with Gasteiger partial charge in [0.25, 0.3) is 0 Å². The van der Waals surface area contributed by atoms with Crippen molar-refractivity contribution in [2.45, 2.75) is 39.7 Å². The van der Waals surface area contributed by atoms with E-state index in [-0.39, 0.29) is 0 Å². The van der Waals surface area contributed by atoms with Crippen molar-refractivity contribution in [3.8, 4) is 0 Å². The summed E-state index contributed by atoms with van der Waals surface area (Å²) in [5.41, 5.74) is 0. The minimum atomic E-state index is 0.543. The van der Waals surface area contributed by atoms with Crippen LogP contribution < -0.4 is 10.2 Å². The first-order chi connectivity index (χ1) is 8.61. The van der Waals surface area contributed by atoms with Gasteiger partial charge < -0.3 is 10.2 Å². The Kier molecular flexibility index (Phi) is 4.43. The van der Waals surface area contributed by atoms with Crippen LogP contribution in [0.4, 0.5) is 11.8 Å². The van der Waals surface area contributed by atoms with Crippen LogP contribution in [-0.2, 0) is 0 Å². The molecular formula is C13H21BrN4. The lowest BCUT2D eigenvalue weighted by Crippen LogP contribution is -2.41. The molecule has 100 valence electrons. The molecule has 1 saturated heterocycles. The summed E-state index contributed by atoms with van der Waals surface area (Å²) in [6.07, 6.45) is 4.38. The number of anilines is 2. The summed E-state index contributed by atoms with van der Waals surface area (Å²) in [6.45, 7) is 8.54. The predicted molar refractivity (Wildman–Crippen MR) is 79.1 cm³/mol. The number of halogens is 1. The molecule has 5 heteroatoms. The minimum absolute atomic E-state index is 0.543. The number of nitrogens with zero attached hydrogens (tertiary/aromatic N) is 3. The lowest BCUT2D eigenvalue weighted by Gasteiger charge is -2.38. The molecular weight excluding hydrogens is 292 g/mol. The monoisotopic (exact) mass is 312 g/mol. The molecule has 2 heterocycles. The summed E-state index contributed by atoms with van der Waals surface area (Å²) in [5, 5.41) is 3.17. The quantitative estimate of drug-likeness (QED) is 0.929. The molecule has 1 aromatic rings. The first-order valence-corrected chi connectivity index (χ1v) is 7.44. The van der Waals surface area contributed by atoms with Gasteiger partial charge in [0.05, 0.1) is 4.47 Å². The molecule has 0 aromatic carbocycles. The van der Waals surface area contributed by atoms with Gasteiger partial charge in [0.15, 0.2) is 0 Å². The number of hydrogen-bond donors (Lipinski definition) is 1. The fraction of sp³-hybridized carbons (Fsp3) is 0.692. The van der Waals surface area contributed by atoms with E-state index in [9.17, 15) is 0 Å². The second kappa shape index (κ2) is 5.87. The minimum Gasteiger partial charge on any atom is -0.354 e. The Labute approximate surface area is 117 Å².